The minimum Gasteiger partial charge on any atom is -0.504 e. The summed E-state index contributed by atoms with van der Waals surface area (Å²) >= 11 is 10.9. The minimum absolute atomic E-state index is 0.0205. The van der Waals surface area contributed by atoms with Crippen LogP contribution in [0.4, 0.5) is 0 Å². The summed E-state index contributed by atoms with van der Waals surface area (Å²) in [6, 6.07) is 1.23. The van der Waals surface area contributed by atoms with Gasteiger partial charge in [-0.2, -0.15) is 0 Å². The summed E-state index contributed by atoms with van der Waals surface area (Å²) < 4.78 is 0. The van der Waals surface area contributed by atoms with Gasteiger partial charge in [0.25, 0.3) is 0 Å². The first-order valence-electron chi connectivity index (χ1n) is 2.65. The predicted octanol–water partition coefficient (Wildman–Crippen LogP) is 1.91. The maximum atomic E-state index is 10.2. The Morgan fingerprint density at radius 3 is 2.64 bits per heavy atom. The highest BCUT2D eigenvalue weighted by molar-refractivity contribution is 6.36. The van der Waals surface area contributed by atoms with Gasteiger partial charge in [0.05, 0.1) is 5.02 Å². The van der Waals surface area contributed by atoms with Crippen molar-refractivity contribution in [1.29, 1.82) is 0 Å². The van der Waals surface area contributed by atoms with E-state index in [0.717, 1.165) is 0 Å². The van der Waals surface area contributed by atoms with Crippen LogP contribution in [-0.2, 0) is 0 Å². The summed E-state index contributed by atoms with van der Waals surface area (Å²) in [5.41, 5.74) is 0.0952. The summed E-state index contributed by atoms with van der Waals surface area (Å²) in [4.78, 5) is 13.7. The molecule has 0 saturated carbocycles. The average Bonchev–Trinajstić information content (AvgIpc) is 1.99. The molecule has 1 N–H and O–H groups in total. The number of halogens is 2. The number of pyridine rings is 1. The first-order valence-corrected chi connectivity index (χ1v) is 3.41. The Hall–Kier alpha value is -0.800. The van der Waals surface area contributed by atoms with Crippen LogP contribution in [-0.4, -0.2) is 16.4 Å². The number of carbonyl (C=O) groups excluding carboxylic acids is 1. The molecule has 58 valence electrons. The molecule has 1 rings (SSSR count). The fraction of sp³-hybridized carbons (Fsp3) is 0. The molecule has 1 heterocycles. The lowest BCUT2D eigenvalue weighted by atomic mass is 10.3. The van der Waals surface area contributed by atoms with Gasteiger partial charge in [-0.1, -0.05) is 23.2 Å². The molecule has 0 atom stereocenters. The maximum Gasteiger partial charge on any atom is 0.173 e. The van der Waals surface area contributed by atoms with Gasteiger partial charge in [-0.05, 0) is 6.07 Å². The van der Waals surface area contributed by atoms with Crippen molar-refractivity contribution in [3.63, 3.8) is 0 Å². The Bertz CT molecular complexity index is 278. The van der Waals surface area contributed by atoms with E-state index in [1.807, 2.05) is 0 Å². The molecule has 1 aromatic heterocycles. The monoisotopic (exact) mass is 191 g/mol. The van der Waals surface area contributed by atoms with E-state index in [1.165, 1.54) is 6.07 Å². The summed E-state index contributed by atoms with van der Waals surface area (Å²) in [7, 11) is 0. The van der Waals surface area contributed by atoms with Gasteiger partial charge in [0.1, 0.15) is 5.69 Å². The highest BCUT2D eigenvalue weighted by Gasteiger charge is 2.06. The molecule has 0 aliphatic heterocycles. The van der Waals surface area contributed by atoms with Crippen molar-refractivity contribution in [2.24, 2.45) is 0 Å². The Morgan fingerprint density at radius 2 is 2.18 bits per heavy atom. The zero-order valence-corrected chi connectivity index (χ0v) is 6.73. The van der Waals surface area contributed by atoms with Crippen LogP contribution in [0, 0.1) is 0 Å². The van der Waals surface area contributed by atoms with Crippen molar-refractivity contribution in [1.82, 2.24) is 4.98 Å². The number of carbonyl (C=O) groups is 1. The molecule has 3 nitrogen and oxygen atoms in total. The van der Waals surface area contributed by atoms with Crippen LogP contribution >= 0.6 is 23.2 Å². The average molecular weight is 192 g/mol. The molecule has 0 amide bonds. The molecule has 1 aromatic rings. The van der Waals surface area contributed by atoms with Gasteiger partial charge in [-0.15, -0.1) is 0 Å². The third-order valence-electron chi connectivity index (χ3n) is 1.04. The zero-order chi connectivity index (χ0) is 8.43. The molecule has 0 saturated heterocycles. The molecule has 0 aromatic carbocycles. The van der Waals surface area contributed by atoms with E-state index >= 15 is 0 Å². The molecule has 0 unspecified atom stereocenters. The molecule has 0 radical (unpaired) electrons. The van der Waals surface area contributed by atoms with E-state index in [2.05, 4.69) is 4.98 Å². The van der Waals surface area contributed by atoms with Crippen molar-refractivity contribution in [3.8, 4) is 5.75 Å². The lowest BCUT2D eigenvalue weighted by Gasteiger charge is -1.98. The predicted molar refractivity (Wildman–Crippen MR) is 41.3 cm³/mol. The van der Waals surface area contributed by atoms with E-state index in [0.29, 0.717) is 6.29 Å². The van der Waals surface area contributed by atoms with Crippen molar-refractivity contribution in [3.05, 3.63) is 21.9 Å². The number of rotatable bonds is 1. The Labute approximate surface area is 72.6 Å². The Balaban J connectivity index is 3.31. The van der Waals surface area contributed by atoms with Crippen LogP contribution in [0.3, 0.4) is 0 Å². The van der Waals surface area contributed by atoms with Crippen molar-refractivity contribution >= 4 is 29.5 Å². The summed E-state index contributed by atoms with van der Waals surface area (Å²) in [6.07, 6.45) is 0.497. The lowest BCUT2D eigenvalue weighted by Crippen LogP contribution is -1.87. The highest BCUT2D eigenvalue weighted by Crippen LogP contribution is 2.29. The third kappa shape index (κ3) is 1.61. The zero-order valence-electron chi connectivity index (χ0n) is 5.21. The van der Waals surface area contributed by atoms with Crippen LogP contribution in [0.2, 0.25) is 10.2 Å². The largest absolute Gasteiger partial charge is 0.504 e. The number of aromatic hydroxyl groups is 1. The Kier molecular flexibility index (Phi) is 2.31. The van der Waals surface area contributed by atoms with Crippen LogP contribution in [0.5, 0.6) is 5.75 Å². The molecule has 5 heteroatoms. The van der Waals surface area contributed by atoms with Crippen molar-refractivity contribution in [2.75, 3.05) is 0 Å². The van der Waals surface area contributed by atoms with Crippen LogP contribution in [0.25, 0.3) is 0 Å². The topological polar surface area (TPSA) is 50.2 Å². The maximum absolute atomic E-state index is 10.2. The van der Waals surface area contributed by atoms with E-state index in [-0.39, 0.29) is 21.6 Å². The summed E-state index contributed by atoms with van der Waals surface area (Å²) in [5.74, 6) is -0.307. The highest BCUT2D eigenvalue weighted by atomic mass is 35.5. The van der Waals surface area contributed by atoms with Crippen molar-refractivity contribution in [2.45, 2.75) is 0 Å². The number of hydrogen-bond acceptors (Lipinski definition) is 3. The molecule has 0 fully saturated rings. The second-order valence-electron chi connectivity index (χ2n) is 1.79. The van der Waals surface area contributed by atoms with Gasteiger partial charge in [-0.3, -0.25) is 4.79 Å². The summed E-state index contributed by atoms with van der Waals surface area (Å²) in [5, 5.41) is 8.84. The van der Waals surface area contributed by atoms with Crippen molar-refractivity contribution < 1.29 is 9.90 Å². The number of aldehydes is 1. The van der Waals surface area contributed by atoms with Gasteiger partial charge >= 0.3 is 0 Å². The molecule has 0 bridgehead atoms. The summed E-state index contributed by atoms with van der Waals surface area (Å²) in [6.45, 7) is 0. The van der Waals surface area contributed by atoms with Gasteiger partial charge in [0.15, 0.2) is 17.2 Å². The van der Waals surface area contributed by atoms with E-state index in [1.54, 1.807) is 0 Å². The van der Waals surface area contributed by atoms with Gasteiger partial charge in [0, 0.05) is 0 Å². The van der Waals surface area contributed by atoms with E-state index in [4.69, 9.17) is 28.3 Å². The third-order valence-corrected chi connectivity index (χ3v) is 1.60. The second kappa shape index (κ2) is 3.07. The van der Waals surface area contributed by atoms with Crippen LogP contribution in [0.15, 0.2) is 6.07 Å². The molecular weight excluding hydrogens is 189 g/mol. The Morgan fingerprint density at radius 1 is 1.55 bits per heavy atom. The standard InChI is InChI=1S/C6H3Cl2NO2/c7-4-1-3(2-10)9-6(8)5(4)11/h1-2,11H. The van der Waals surface area contributed by atoms with Gasteiger partial charge in [0.2, 0.25) is 0 Å². The fourth-order valence-electron chi connectivity index (χ4n) is 0.556. The number of nitrogens with zero attached hydrogens (tertiary/aromatic N) is 1. The van der Waals surface area contributed by atoms with Crippen LogP contribution < -0.4 is 0 Å². The molecule has 11 heavy (non-hydrogen) atoms. The smallest absolute Gasteiger partial charge is 0.173 e. The second-order valence-corrected chi connectivity index (χ2v) is 2.55. The van der Waals surface area contributed by atoms with E-state index < -0.39 is 0 Å². The van der Waals surface area contributed by atoms with E-state index in [9.17, 15) is 4.79 Å². The minimum atomic E-state index is -0.307. The van der Waals surface area contributed by atoms with Crippen LogP contribution in [0.1, 0.15) is 10.5 Å². The lowest BCUT2D eigenvalue weighted by molar-refractivity contribution is 0.111. The molecular formula is C6H3Cl2NO2. The fourth-order valence-corrected chi connectivity index (χ4v) is 1.00. The molecule has 0 aliphatic rings. The van der Waals surface area contributed by atoms with Gasteiger partial charge in [-0.25, -0.2) is 4.98 Å². The quantitative estimate of drug-likeness (QED) is 0.546. The first-order chi connectivity index (χ1) is 5.15. The molecule has 0 spiro atoms. The normalized spacial score (nSPS) is 9.64. The van der Waals surface area contributed by atoms with Gasteiger partial charge < -0.3 is 5.11 Å². The first kappa shape index (κ1) is 8.30. The SMILES string of the molecule is O=Cc1cc(Cl)c(O)c(Cl)n1. The number of aromatic nitrogens is 1. The molecule has 0 aliphatic carbocycles. The number of hydrogen-bond donors (Lipinski definition) is 1.